The lowest BCUT2D eigenvalue weighted by molar-refractivity contribution is 0.186. The van der Waals surface area contributed by atoms with Crippen molar-refractivity contribution in [2.75, 3.05) is 25.7 Å². The first kappa shape index (κ1) is 15.4. The van der Waals surface area contributed by atoms with E-state index >= 15 is 0 Å². The van der Waals surface area contributed by atoms with Crippen LogP contribution in [0.3, 0.4) is 0 Å². The van der Waals surface area contributed by atoms with Gasteiger partial charge in [-0.2, -0.15) is 9.61 Å². The van der Waals surface area contributed by atoms with Crippen molar-refractivity contribution < 1.29 is 4.74 Å². The minimum absolute atomic E-state index is 0.626. The predicted octanol–water partition coefficient (Wildman–Crippen LogP) is 1.22. The molecule has 0 fully saturated rings. The minimum Gasteiger partial charge on any atom is -0.383 e. The molecule has 0 saturated heterocycles. The van der Waals surface area contributed by atoms with E-state index in [0.717, 1.165) is 35.2 Å². The average Bonchev–Trinajstić information content (AvgIpc) is 3.09. The van der Waals surface area contributed by atoms with Gasteiger partial charge in [-0.1, -0.05) is 0 Å². The van der Waals surface area contributed by atoms with Crippen molar-refractivity contribution in [3.8, 4) is 0 Å². The van der Waals surface area contributed by atoms with Crippen molar-refractivity contribution in [1.29, 1.82) is 0 Å². The van der Waals surface area contributed by atoms with E-state index in [1.165, 1.54) is 0 Å². The molecule has 0 amide bonds. The van der Waals surface area contributed by atoms with Crippen LogP contribution >= 0.6 is 0 Å². The monoisotopic (exact) mass is 315 g/mol. The Morgan fingerprint density at radius 3 is 2.83 bits per heavy atom. The Labute approximate surface area is 134 Å². The highest BCUT2D eigenvalue weighted by Gasteiger charge is 2.13. The zero-order chi connectivity index (χ0) is 16.4. The fourth-order valence-corrected chi connectivity index (χ4v) is 2.54. The summed E-state index contributed by atoms with van der Waals surface area (Å²) in [5.74, 6) is 1.86. The highest BCUT2D eigenvalue weighted by Crippen LogP contribution is 2.18. The highest BCUT2D eigenvalue weighted by molar-refractivity contribution is 5.51. The van der Waals surface area contributed by atoms with E-state index in [1.807, 2.05) is 42.1 Å². The summed E-state index contributed by atoms with van der Waals surface area (Å²) >= 11 is 0. The smallest absolute Gasteiger partial charge is 0.157 e. The maximum absolute atomic E-state index is 5.12. The Morgan fingerprint density at radius 1 is 1.22 bits per heavy atom. The lowest BCUT2D eigenvalue weighted by Crippen LogP contribution is -2.23. The van der Waals surface area contributed by atoms with Crippen molar-refractivity contribution in [2.24, 2.45) is 0 Å². The average molecular weight is 315 g/mol. The molecule has 0 aliphatic rings. The molecule has 3 rings (SSSR count). The Bertz CT molecular complexity index is 807. The van der Waals surface area contributed by atoms with Gasteiger partial charge in [-0.25, -0.2) is 4.98 Å². The third-order valence-corrected chi connectivity index (χ3v) is 3.66. The molecule has 122 valence electrons. The molecule has 3 aromatic rings. The van der Waals surface area contributed by atoms with E-state index in [-0.39, 0.29) is 0 Å². The van der Waals surface area contributed by atoms with Crippen LogP contribution in [0.1, 0.15) is 17.2 Å². The summed E-state index contributed by atoms with van der Waals surface area (Å²) in [5, 5.41) is 12.7. The van der Waals surface area contributed by atoms with E-state index in [4.69, 9.17) is 4.74 Å². The van der Waals surface area contributed by atoms with E-state index in [0.29, 0.717) is 13.2 Å². The van der Waals surface area contributed by atoms with Crippen LogP contribution in [0.2, 0.25) is 0 Å². The van der Waals surface area contributed by atoms with E-state index < -0.39 is 0 Å². The second-order valence-electron chi connectivity index (χ2n) is 5.60. The number of aryl methyl sites for hydroxylation is 2. The van der Waals surface area contributed by atoms with Gasteiger partial charge in [0.25, 0.3) is 0 Å². The van der Waals surface area contributed by atoms with Gasteiger partial charge in [0.15, 0.2) is 11.5 Å². The molecule has 0 aliphatic heterocycles. The number of rotatable bonds is 6. The quantitative estimate of drug-likeness (QED) is 0.681. The van der Waals surface area contributed by atoms with Crippen LogP contribution in [0.15, 0.2) is 18.5 Å². The number of aromatic nitrogens is 6. The normalized spacial score (nSPS) is 11.3. The number of nitrogens with zero attached hydrogens (tertiary/aromatic N) is 7. The number of fused-ring (bicyclic) bond motifs is 1. The predicted molar refractivity (Wildman–Crippen MR) is 86.5 cm³/mol. The summed E-state index contributed by atoms with van der Waals surface area (Å²) in [6, 6.07) is 4.00. The van der Waals surface area contributed by atoms with Gasteiger partial charge in [0, 0.05) is 38.5 Å². The molecule has 8 heteroatoms. The first-order chi connectivity index (χ1) is 11.1. The summed E-state index contributed by atoms with van der Waals surface area (Å²) in [4.78, 5) is 6.62. The Kier molecular flexibility index (Phi) is 4.24. The van der Waals surface area contributed by atoms with Crippen LogP contribution in [0.4, 0.5) is 5.82 Å². The van der Waals surface area contributed by atoms with Gasteiger partial charge in [-0.05, 0) is 13.8 Å². The van der Waals surface area contributed by atoms with Gasteiger partial charge in [-0.3, -0.25) is 0 Å². The second-order valence-corrected chi connectivity index (χ2v) is 5.60. The van der Waals surface area contributed by atoms with E-state index in [2.05, 4.69) is 25.2 Å². The van der Waals surface area contributed by atoms with Gasteiger partial charge in [-0.15, -0.1) is 10.2 Å². The molecule has 0 N–H and O–H groups in total. The Morgan fingerprint density at radius 2 is 2.04 bits per heavy atom. The molecule has 0 radical (unpaired) electrons. The lowest BCUT2D eigenvalue weighted by Gasteiger charge is -2.20. The highest BCUT2D eigenvalue weighted by atomic mass is 16.5. The molecule has 0 spiro atoms. The third kappa shape index (κ3) is 3.16. The van der Waals surface area contributed by atoms with Crippen LogP contribution in [0.5, 0.6) is 0 Å². The number of hydrogen-bond acceptors (Lipinski definition) is 6. The van der Waals surface area contributed by atoms with Crippen molar-refractivity contribution in [2.45, 2.75) is 26.9 Å². The zero-order valence-corrected chi connectivity index (χ0v) is 13.9. The molecule has 0 aliphatic carbocycles. The molecule has 23 heavy (non-hydrogen) atoms. The van der Waals surface area contributed by atoms with Crippen LogP contribution in [0, 0.1) is 13.8 Å². The standard InChI is InChI=1S/C15H21N7O/c1-11-8-15(22-13(17-11)7-12(2)19-22)20(3)9-14-18-16-10-21(14)5-6-23-4/h7-8,10H,5-6,9H2,1-4H3. The molecular weight excluding hydrogens is 294 g/mol. The number of methoxy groups -OCH3 is 1. The van der Waals surface area contributed by atoms with Crippen molar-refractivity contribution in [3.63, 3.8) is 0 Å². The molecule has 0 atom stereocenters. The lowest BCUT2D eigenvalue weighted by atomic mass is 10.4. The fourth-order valence-electron chi connectivity index (χ4n) is 2.54. The second kappa shape index (κ2) is 6.33. The van der Waals surface area contributed by atoms with Crippen LogP contribution in [-0.2, 0) is 17.8 Å². The fraction of sp³-hybridized carbons (Fsp3) is 0.467. The van der Waals surface area contributed by atoms with E-state index in [9.17, 15) is 0 Å². The van der Waals surface area contributed by atoms with E-state index in [1.54, 1.807) is 13.4 Å². The maximum Gasteiger partial charge on any atom is 0.157 e. The largest absolute Gasteiger partial charge is 0.383 e. The molecule has 3 heterocycles. The van der Waals surface area contributed by atoms with Gasteiger partial charge >= 0.3 is 0 Å². The maximum atomic E-state index is 5.12. The first-order valence-corrected chi connectivity index (χ1v) is 7.49. The van der Waals surface area contributed by atoms with Crippen molar-refractivity contribution in [3.05, 3.63) is 35.7 Å². The van der Waals surface area contributed by atoms with Crippen LogP contribution in [-0.4, -0.2) is 50.1 Å². The summed E-state index contributed by atoms with van der Waals surface area (Å²) in [5.41, 5.74) is 2.76. The molecule has 8 nitrogen and oxygen atoms in total. The minimum atomic E-state index is 0.626. The summed E-state index contributed by atoms with van der Waals surface area (Å²) in [6.07, 6.45) is 1.73. The van der Waals surface area contributed by atoms with Crippen molar-refractivity contribution >= 4 is 11.5 Å². The van der Waals surface area contributed by atoms with Gasteiger partial charge < -0.3 is 14.2 Å². The van der Waals surface area contributed by atoms with Crippen LogP contribution < -0.4 is 4.90 Å². The topological polar surface area (TPSA) is 73.4 Å². The molecule has 0 bridgehead atoms. The Balaban J connectivity index is 1.89. The number of anilines is 1. The van der Waals surface area contributed by atoms with Gasteiger partial charge in [0.1, 0.15) is 12.1 Å². The SMILES string of the molecule is COCCn1cnnc1CN(C)c1cc(C)nc2cc(C)nn12. The van der Waals surface area contributed by atoms with Crippen LogP contribution in [0.25, 0.3) is 5.65 Å². The molecule has 0 unspecified atom stereocenters. The van der Waals surface area contributed by atoms with Gasteiger partial charge in [0.2, 0.25) is 0 Å². The Hall–Kier alpha value is -2.48. The first-order valence-electron chi connectivity index (χ1n) is 7.49. The summed E-state index contributed by atoms with van der Waals surface area (Å²) in [6.45, 7) is 5.95. The molecule has 0 aromatic carbocycles. The summed E-state index contributed by atoms with van der Waals surface area (Å²) < 4.78 is 8.98. The molecule has 0 saturated carbocycles. The van der Waals surface area contributed by atoms with Gasteiger partial charge in [0.05, 0.1) is 18.8 Å². The zero-order valence-electron chi connectivity index (χ0n) is 13.9. The molecular formula is C15H21N7O. The number of hydrogen-bond donors (Lipinski definition) is 0. The molecule has 3 aromatic heterocycles. The van der Waals surface area contributed by atoms with Crippen molar-refractivity contribution in [1.82, 2.24) is 29.4 Å². The summed E-state index contributed by atoms with van der Waals surface area (Å²) in [7, 11) is 3.70. The number of ether oxygens (including phenoxy) is 1. The third-order valence-electron chi connectivity index (χ3n) is 3.66.